The van der Waals surface area contributed by atoms with Crippen molar-refractivity contribution in [2.75, 3.05) is 24.6 Å². The topological polar surface area (TPSA) is 59.6 Å². The fourth-order valence-corrected chi connectivity index (χ4v) is 4.40. The molecule has 1 aliphatic rings. The van der Waals surface area contributed by atoms with Gasteiger partial charge in [0.2, 0.25) is 5.65 Å². The molecule has 3 heterocycles. The molecule has 0 radical (unpaired) electrons. The lowest BCUT2D eigenvalue weighted by molar-refractivity contribution is 0.0767. The number of imidazole rings is 1. The van der Waals surface area contributed by atoms with Crippen LogP contribution in [0.15, 0.2) is 54.1 Å². The van der Waals surface area contributed by atoms with Gasteiger partial charge in [0.1, 0.15) is 5.69 Å². The van der Waals surface area contributed by atoms with Crippen LogP contribution in [0.1, 0.15) is 10.5 Å². The Morgan fingerprint density at radius 3 is 2.79 bits per heavy atom. The molecule has 1 amide bonds. The third kappa shape index (κ3) is 3.47. The Hall–Kier alpha value is -2.51. The van der Waals surface area contributed by atoms with Crippen LogP contribution in [-0.4, -0.2) is 49.4 Å². The van der Waals surface area contributed by atoms with Crippen molar-refractivity contribution in [1.82, 2.24) is 18.9 Å². The van der Waals surface area contributed by atoms with Crippen LogP contribution in [0.25, 0.3) is 16.9 Å². The van der Waals surface area contributed by atoms with Gasteiger partial charge >= 0.3 is 0 Å². The van der Waals surface area contributed by atoms with E-state index < -0.39 is 0 Å². The zero-order valence-corrected chi connectivity index (χ0v) is 16.7. The lowest BCUT2D eigenvalue weighted by Gasteiger charge is -2.25. The van der Waals surface area contributed by atoms with Crippen molar-refractivity contribution in [2.45, 2.75) is 6.54 Å². The summed E-state index contributed by atoms with van der Waals surface area (Å²) in [6.45, 7) is 5.48. The van der Waals surface area contributed by atoms with Crippen LogP contribution in [-0.2, 0) is 6.54 Å². The first-order valence-corrected chi connectivity index (χ1v) is 10.5. The molecule has 0 atom stereocenters. The molecule has 1 saturated heterocycles. The fourth-order valence-electron chi connectivity index (χ4n) is 3.30. The maximum Gasteiger partial charge on any atom is 0.295 e. The minimum absolute atomic E-state index is 0.136. The minimum atomic E-state index is -0.273. The van der Waals surface area contributed by atoms with E-state index in [1.165, 1.54) is 0 Å². The fraction of sp³-hybridized carbons (Fsp3) is 0.250. The van der Waals surface area contributed by atoms with Crippen molar-refractivity contribution >= 4 is 34.9 Å². The molecule has 0 bridgehead atoms. The first-order valence-electron chi connectivity index (χ1n) is 8.95. The Morgan fingerprint density at radius 2 is 2.07 bits per heavy atom. The highest BCUT2D eigenvalue weighted by molar-refractivity contribution is 7.99. The Morgan fingerprint density at radius 1 is 1.29 bits per heavy atom. The number of halogens is 1. The Balaban J connectivity index is 1.84. The van der Waals surface area contributed by atoms with Gasteiger partial charge in [0.15, 0.2) is 0 Å². The molecule has 0 aliphatic carbocycles. The maximum absolute atomic E-state index is 13.1. The SMILES string of the molecule is C=CCn1c(-c2cccc(Cl)c2)cn2cc(C(=O)N3CCSCC3)nc2c1=O. The Labute approximate surface area is 171 Å². The second kappa shape index (κ2) is 7.85. The Kier molecular flexibility index (Phi) is 5.28. The number of hydrogen-bond donors (Lipinski definition) is 0. The second-order valence-electron chi connectivity index (χ2n) is 6.49. The highest BCUT2D eigenvalue weighted by Gasteiger charge is 2.22. The lowest BCUT2D eigenvalue weighted by Crippen LogP contribution is -2.38. The predicted molar refractivity (Wildman–Crippen MR) is 113 cm³/mol. The van der Waals surface area contributed by atoms with Crippen LogP contribution in [0.4, 0.5) is 0 Å². The molecule has 0 N–H and O–H groups in total. The smallest absolute Gasteiger partial charge is 0.295 e. The van der Waals surface area contributed by atoms with Crippen molar-refractivity contribution in [3.63, 3.8) is 0 Å². The van der Waals surface area contributed by atoms with Gasteiger partial charge in [0.25, 0.3) is 11.5 Å². The number of carbonyl (C=O) groups excluding carboxylic acids is 1. The lowest BCUT2D eigenvalue weighted by atomic mass is 10.1. The van der Waals surface area contributed by atoms with E-state index in [2.05, 4.69) is 11.6 Å². The van der Waals surface area contributed by atoms with Crippen LogP contribution in [0, 0.1) is 0 Å². The number of rotatable bonds is 4. The first-order chi connectivity index (χ1) is 13.6. The highest BCUT2D eigenvalue weighted by Crippen LogP contribution is 2.23. The van der Waals surface area contributed by atoms with Crippen LogP contribution in [0.3, 0.4) is 0 Å². The van der Waals surface area contributed by atoms with E-state index in [1.54, 1.807) is 38.3 Å². The summed E-state index contributed by atoms with van der Waals surface area (Å²) in [5, 5.41) is 0.583. The first kappa shape index (κ1) is 18.8. The summed E-state index contributed by atoms with van der Waals surface area (Å²) in [5.41, 5.74) is 1.74. The van der Waals surface area contributed by atoms with Gasteiger partial charge in [-0.25, -0.2) is 4.98 Å². The third-order valence-electron chi connectivity index (χ3n) is 4.67. The second-order valence-corrected chi connectivity index (χ2v) is 8.15. The van der Waals surface area contributed by atoms with E-state index in [9.17, 15) is 9.59 Å². The molecule has 8 heteroatoms. The summed E-state index contributed by atoms with van der Waals surface area (Å²) in [7, 11) is 0. The highest BCUT2D eigenvalue weighted by atomic mass is 35.5. The molecular weight excluding hydrogens is 396 g/mol. The van der Waals surface area contributed by atoms with Crippen LogP contribution >= 0.6 is 23.4 Å². The number of amides is 1. The van der Waals surface area contributed by atoms with E-state index in [-0.39, 0.29) is 22.8 Å². The number of thioether (sulfide) groups is 1. The van der Waals surface area contributed by atoms with E-state index in [1.807, 2.05) is 30.1 Å². The molecule has 4 rings (SSSR count). The average Bonchev–Trinajstić information content (AvgIpc) is 3.15. The van der Waals surface area contributed by atoms with Crippen molar-refractivity contribution in [1.29, 1.82) is 0 Å². The van der Waals surface area contributed by atoms with E-state index >= 15 is 0 Å². The molecule has 0 spiro atoms. The van der Waals surface area contributed by atoms with Gasteiger partial charge in [-0.3, -0.25) is 18.6 Å². The molecular formula is C20H19ClN4O2S. The van der Waals surface area contributed by atoms with Crippen molar-refractivity contribution < 1.29 is 4.79 Å². The van der Waals surface area contributed by atoms with Crippen molar-refractivity contribution in [3.05, 3.63) is 70.4 Å². The standard InChI is InChI=1S/C20H19ClN4O2S/c1-2-6-25-17(14-4-3-5-15(21)11-14)13-24-12-16(22-18(24)20(25)27)19(26)23-7-9-28-10-8-23/h2-5,11-13H,1,6-10H2. The van der Waals surface area contributed by atoms with Gasteiger partial charge in [-0.1, -0.05) is 29.8 Å². The van der Waals surface area contributed by atoms with Crippen LogP contribution < -0.4 is 5.56 Å². The summed E-state index contributed by atoms with van der Waals surface area (Å²) in [6, 6.07) is 7.31. The molecule has 0 unspecified atom stereocenters. The number of hydrogen-bond acceptors (Lipinski definition) is 4. The van der Waals surface area contributed by atoms with E-state index in [4.69, 9.17) is 11.6 Å². The molecule has 1 aromatic carbocycles. The third-order valence-corrected chi connectivity index (χ3v) is 5.85. The van der Waals surface area contributed by atoms with Crippen LogP contribution in [0.5, 0.6) is 0 Å². The number of carbonyl (C=O) groups is 1. The quantitative estimate of drug-likeness (QED) is 0.615. The Bertz CT molecular complexity index is 1120. The molecule has 2 aromatic heterocycles. The number of nitrogens with zero attached hydrogens (tertiary/aromatic N) is 4. The maximum atomic E-state index is 13.1. The minimum Gasteiger partial charge on any atom is -0.336 e. The number of fused-ring (bicyclic) bond motifs is 1. The van der Waals surface area contributed by atoms with Crippen LogP contribution in [0.2, 0.25) is 5.02 Å². The number of allylic oxidation sites excluding steroid dienone is 1. The monoisotopic (exact) mass is 414 g/mol. The average molecular weight is 415 g/mol. The van der Waals surface area contributed by atoms with Crippen molar-refractivity contribution in [2.24, 2.45) is 0 Å². The summed E-state index contributed by atoms with van der Waals surface area (Å²) in [5.74, 6) is 1.71. The molecule has 0 saturated carbocycles. The molecule has 3 aromatic rings. The number of aromatic nitrogens is 3. The van der Waals surface area contributed by atoms with Gasteiger partial charge in [0, 0.05) is 54.1 Å². The van der Waals surface area contributed by atoms with Gasteiger partial charge < -0.3 is 4.90 Å². The van der Waals surface area contributed by atoms with Gasteiger partial charge in [-0.05, 0) is 12.1 Å². The van der Waals surface area contributed by atoms with E-state index in [0.717, 1.165) is 17.1 Å². The predicted octanol–water partition coefficient (Wildman–Crippen LogP) is 3.19. The molecule has 144 valence electrons. The molecule has 1 fully saturated rings. The summed E-state index contributed by atoms with van der Waals surface area (Å²) in [4.78, 5) is 32.0. The molecule has 6 nitrogen and oxygen atoms in total. The summed E-state index contributed by atoms with van der Waals surface area (Å²) < 4.78 is 3.22. The largest absolute Gasteiger partial charge is 0.336 e. The van der Waals surface area contributed by atoms with E-state index in [0.29, 0.717) is 30.4 Å². The van der Waals surface area contributed by atoms with Gasteiger partial charge in [-0.15, -0.1) is 6.58 Å². The van der Waals surface area contributed by atoms with Gasteiger partial charge in [-0.2, -0.15) is 11.8 Å². The zero-order chi connectivity index (χ0) is 19.7. The number of benzene rings is 1. The van der Waals surface area contributed by atoms with Crippen molar-refractivity contribution in [3.8, 4) is 11.3 Å². The zero-order valence-electron chi connectivity index (χ0n) is 15.2. The summed E-state index contributed by atoms with van der Waals surface area (Å²) >= 11 is 7.97. The molecule has 28 heavy (non-hydrogen) atoms. The van der Waals surface area contributed by atoms with Gasteiger partial charge in [0.05, 0.1) is 5.69 Å². The summed E-state index contributed by atoms with van der Waals surface area (Å²) in [6.07, 6.45) is 5.10. The normalized spacial score (nSPS) is 14.4. The molecule has 1 aliphatic heterocycles.